The Morgan fingerprint density at radius 3 is 1.55 bits per heavy atom. The molecule has 2 nitrogen and oxygen atoms in total. The highest BCUT2D eigenvalue weighted by Gasteiger charge is 2.50. The van der Waals surface area contributed by atoms with Crippen molar-refractivity contribution >= 4 is 70.5 Å². The van der Waals surface area contributed by atoms with Crippen molar-refractivity contribution in [1.29, 1.82) is 0 Å². The number of rotatable bonds is 3. The van der Waals surface area contributed by atoms with Crippen molar-refractivity contribution in [2.24, 2.45) is 0 Å². The first-order valence-electron chi connectivity index (χ1n) is 23.3. The van der Waals surface area contributed by atoms with E-state index in [9.17, 15) is 0 Å². The average Bonchev–Trinajstić information content (AvgIpc) is 4.06. The summed E-state index contributed by atoms with van der Waals surface area (Å²) >= 11 is 1.90. The van der Waals surface area contributed by atoms with Gasteiger partial charge in [0.05, 0.1) is 5.41 Å². The molecule has 1 atom stereocenters. The highest BCUT2D eigenvalue weighted by molar-refractivity contribution is 7.25. The predicted octanol–water partition coefficient (Wildman–Crippen LogP) is 17.7. The number of nitrogens with zero attached hydrogens (tertiary/aromatic N) is 1. The molecular formula is C64H41NOS. The summed E-state index contributed by atoms with van der Waals surface area (Å²) in [6.45, 7) is 4.74. The second kappa shape index (κ2) is 13.3. The maximum absolute atomic E-state index is 6.64. The highest BCUT2D eigenvalue weighted by Crippen LogP contribution is 2.63. The maximum Gasteiger partial charge on any atom is 0.137 e. The smallest absolute Gasteiger partial charge is 0.137 e. The first-order chi connectivity index (χ1) is 33.0. The van der Waals surface area contributed by atoms with Crippen LogP contribution in [0.1, 0.15) is 47.2 Å². The van der Waals surface area contributed by atoms with Gasteiger partial charge in [-0.3, -0.25) is 0 Å². The highest BCUT2D eigenvalue weighted by atomic mass is 32.1. The number of thiophene rings is 1. The van der Waals surface area contributed by atoms with Crippen LogP contribution in [0.5, 0.6) is 0 Å². The van der Waals surface area contributed by atoms with Crippen LogP contribution in [0.4, 0.5) is 17.1 Å². The Hall–Kier alpha value is -7.98. The summed E-state index contributed by atoms with van der Waals surface area (Å²) in [5.74, 6) is 0. The zero-order valence-corrected chi connectivity index (χ0v) is 37.8. The van der Waals surface area contributed by atoms with Crippen LogP contribution in [0.3, 0.4) is 0 Å². The number of benzene rings is 10. The van der Waals surface area contributed by atoms with E-state index in [-0.39, 0.29) is 5.41 Å². The Morgan fingerprint density at radius 1 is 0.328 bits per heavy atom. The van der Waals surface area contributed by atoms with Gasteiger partial charge < -0.3 is 9.32 Å². The number of hydrogen-bond acceptors (Lipinski definition) is 3. The normalized spacial score (nSPS) is 15.8. The third-order valence-electron chi connectivity index (χ3n) is 15.5. The molecule has 3 heteroatoms. The predicted molar refractivity (Wildman–Crippen MR) is 281 cm³/mol. The van der Waals surface area contributed by atoms with Crippen LogP contribution >= 0.6 is 11.3 Å². The Balaban J connectivity index is 1.05. The SMILES string of the molecule is CC1(C)c2ccccc2-c2ccc(N(c3ccc4c(c3)C3(c5ccccc5-c5ccccc5-4)c4ccccc4-c4cc5c(cc43)sc3ccccc35)c3ccc4c(c3)oc3ccccc34)cc21. The van der Waals surface area contributed by atoms with E-state index in [1.165, 1.54) is 98.1 Å². The summed E-state index contributed by atoms with van der Waals surface area (Å²) in [6.07, 6.45) is 0. The van der Waals surface area contributed by atoms with Gasteiger partial charge in [-0.15, -0.1) is 11.3 Å². The van der Waals surface area contributed by atoms with Gasteiger partial charge in [0.2, 0.25) is 0 Å². The zero-order valence-electron chi connectivity index (χ0n) is 37.0. The van der Waals surface area contributed by atoms with E-state index in [4.69, 9.17) is 4.42 Å². The van der Waals surface area contributed by atoms with E-state index >= 15 is 0 Å². The molecule has 0 amide bonds. The maximum atomic E-state index is 6.64. The van der Waals surface area contributed by atoms with Gasteiger partial charge in [0.15, 0.2) is 0 Å². The molecule has 2 heterocycles. The minimum absolute atomic E-state index is 0.170. The molecule has 0 bridgehead atoms. The molecule has 0 aliphatic heterocycles. The standard InChI is InChI=1S/C64H41NOS/c1-63(2)53-22-10-5-18-44(53)47-31-28-38(33-56(47)63)65(40-29-32-49-48-20-8-13-25-59(48)66-60(49)35-40)39-27-30-46-42-16-4-3-15-41(42)43-17-6-11-23-54(43)64(57(46)34-39)55-24-12-7-19-45(55)51-36-52-50-21-9-14-26-61(50)67-62(52)37-58(51)64/h3-37H,1-2H3. The van der Waals surface area contributed by atoms with E-state index in [1.54, 1.807) is 0 Å². The lowest BCUT2D eigenvalue weighted by atomic mass is 9.65. The third kappa shape index (κ3) is 4.89. The third-order valence-corrected chi connectivity index (χ3v) is 16.6. The number of hydrogen-bond donors (Lipinski definition) is 0. The van der Waals surface area contributed by atoms with Gasteiger partial charge in [0, 0.05) is 59.5 Å². The van der Waals surface area contributed by atoms with Crippen molar-refractivity contribution < 1.29 is 4.42 Å². The number of furan rings is 1. The number of fused-ring (bicyclic) bond motifs is 21. The molecule has 0 radical (unpaired) electrons. The molecule has 314 valence electrons. The quantitative estimate of drug-likeness (QED) is 0.176. The molecule has 0 saturated carbocycles. The summed E-state index contributed by atoms with van der Waals surface area (Å²) in [6, 6.07) is 79.9. The molecule has 3 aliphatic carbocycles. The topological polar surface area (TPSA) is 16.4 Å². The van der Waals surface area contributed by atoms with Crippen molar-refractivity contribution in [1.82, 2.24) is 0 Å². The summed E-state index contributed by atoms with van der Waals surface area (Å²) in [7, 11) is 0. The van der Waals surface area contributed by atoms with Gasteiger partial charge in [-0.25, -0.2) is 0 Å². The Kier molecular flexibility index (Phi) is 7.41. The Bertz CT molecular complexity index is 4110. The van der Waals surface area contributed by atoms with Crippen LogP contribution in [-0.2, 0) is 10.8 Å². The zero-order chi connectivity index (χ0) is 44.2. The van der Waals surface area contributed by atoms with Gasteiger partial charge in [-0.2, -0.15) is 0 Å². The lowest BCUT2D eigenvalue weighted by Gasteiger charge is -2.36. The van der Waals surface area contributed by atoms with Crippen molar-refractivity contribution in [3.63, 3.8) is 0 Å². The van der Waals surface area contributed by atoms with E-state index in [0.29, 0.717) is 0 Å². The van der Waals surface area contributed by atoms with Crippen molar-refractivity contribution in [3.05, 3.63) is 246 Å². The molecule has 1 unspecified atom stereocenters. The monoisotopic (exact) mass is 871 g/mol. The lowest BCUT2D eigenvalue weighted by molar-refractivity contribution is 0.660. The van der Waals surface area contributed by atoms with Crippen molar-refractivity contribution in [3.8, 4) is 44.5 Å². The molecule has 2 aromatic heterocycles. The largest absolute Gasteiger partial charge is 0.456 e. The molecule has 1 spiro atoms. The molecule has 67 heavy (non-hydrogen) atoms. The summed E-state index contributed by atoms with van der Waals surface area (Å²) in [4.78, 5) is 2.47. The number of para-hydroxylation sites is 1. The average molecular weight is 872 g/mol. The second-order valence-electron chi connectivity index (χ2n) is 19.1. The summed E-state index contributed by atoms with van der Waals surface area (Å²) < 4.78 is 9.26. The first-order valence-corrected chi connectivity index (χ1v) is 24.1. The van der Waals surface area contributed by atoms with Crippen molar-refractivity contribution in [2.75, 3.05) is 4.90 Å². The molecule has 0 saturated heterocycles. The first kappa shape index (κ1) is 37.3. The van der Waals surface area contributed by atoms with Gasteiger partial charge in [-0.1, -0.05) is 159 Å². The van der Waals surface area contributed by atoms with E-state index in [2.05, 4.69) is 231 Å². The molecule has 15 rings (SSSR count). The van der Waals surface area contributed by atoms with Crippen LogP contribution in [0.25, 0.3) is 86.6 Å². The fourth-order valence-corrected chi connectivity index (χ4v) is 13.7. The molecule has 0 N–H and O–H groups in total. The van der Waals surface area contributed by atoms with Crippen LogP contribution in [-0.4, -0.2) is 0 Å². The number of anilines is 3. The van der Waals surface area contributed by atoms with E-state index in [1.807, 2.05) is 11.3 Å². The van der Waals surface area contributed by atoms with Gasteiger partial charge in [-0.05, 0) is 139 Å². The van der Waals surface area contributed by atoms with E-state index in [0.717, 1.165) is 39.0 Å². The van der Waals surface area contributed by atoms with Crippen LogP contribution < -0.4 is 4.90 Å². The van der Waals surface area contributed by atoms with E-state index < -0.39 is 5.41 Å². The van der Waals surface area contributed by atoms with Gasteiger partial charge in [0.1, 0.15) is 11.2 Å². The molecule has 3 aliphatic rings. The minimum atomic E-state index is -0.646. The Morgan fingerprint density at radius 2 is 0.821 bits per heavy atom. The molecule has 10 aromatic carbocycles. The molecular weight excluding hydrogens is 831 g/mol. The van der Waals surface area contributed by atoms with Crippen LogP contribution in [0, 0.1) is 0 Å². The molecule has 12 aromatic rings. The fourth-order valence-electron chi connectivity index (χ4n) is 12.6. The lowest BCUT2D eigenvalue weighted by Crippen LogP contribution is -2.29. The Labute approximate surface area is 392 Å². The van der Waals surface area contributed by atoms with Crippen LogP contribution in [0.15, 0.2) is 217 Å². The summed E-state index contributed by atoms with van der Waals surface area (Å²) in [5, 5.41) is 4.88. The van der Waals surface area contributed by atoms with Gasteiger partial charge in [0.25, 0.3) is 0 Å². The van der Waals surface area contributed by atoms with Crippen LogP contribution in [0.2, 0.25) is 0 Å². The second-order valence-corrected chi connectivity index (χ2v) is 20.2. The minimum Gasteiger partial charge on any atom is -0.456 e. The van der Waals surface area contributed by atoms with Gasteiger partial charge >= 0.3 is 0 Å². The summed E-state index contributed by atoms with van der Waals surface area (Å²) in [5.41, 5.74) is 22.4. The fraction of sp³-hybridized carbons (Fsp3) is 0.0625. The van der Waals surface area contributed by atoms with Crippen molar-refractivity contribution in [2.45, 2.75) is 24.7 Å². The molecule has 0 fully saturated rings.